The molecule has 1 aliphatic carbocycles. The van der Waals surface area contributed by atoms with Gasteiger partial charge in [-0.25, -0.2) is 4.98 Å². The molecule has 1 atom stereocenters. The second-order valence-electron chi connectivity index (χ2n) is 6.68. The molecule has 1 aliphatic rings. The summed E-state index contributed by atoms with van der Waals surface area (Å²) >= 11 is 1.66. The monoisotopic (exact) mass is 352 g/mol. The predicted molar refractivity (Wildman–Crippen MR) is 102 cm³/mol. The Morgan fingerprint density at radius 1 is 1.46 bits per heavy atom. The van der Waals surface area contributed by atoms with Crippen molar-refractivity contribution in [2.24, 2.45) is 10.9 Å². The van der Waals surface area contributed by atoms with Gasteiger partial charge in [-0.05, 0) is 19.3 Å². The minimum absolute atomic E-state index is 0.0574. The lowest BCUT2D eigenvalue weighted by atomic mass is 9.87. The average Bonchev–Trinajstić information content (AvgIpc) is 3.07. The molecule has 0 aromatic carbocycles. The summed E-state index contributed by atoms with van der Waals surface area (Å²) in [6.07, 6.45) is 8.34. The Hall–Kier alpha value is -1.14. The largest absolute Gasteiger partial charge is 0.375 e. The van der Waals surface area contributed by atoms with Crippen molar-refractivity contribution in [1.29, 1.82) is 0 Å². The lowest BCUT2D eigenvalue weighted by Crippen LogP contribution is -2.39. The maximum Gasteiger partial charge on any atom is 0.193 e. The Morgan fingerprint density at radius 2 is 2.21 bits per heavy atom. The van der Waals surface area contributed by atoms with E-state index < -0.39 is 0 Å². The summed E-state index contributed by atoms with van der Waals surface area (Å²) in [6.45, 7) is 3.79. The highest BCUT2D eigenvalue weighted by Gasteiger charge is 2.15. The molecule has 1 aromatic rings. The molecule has 0 bridgehead atoms. The van der Waals surface area contributed by atoms with Crippen LogP contribution in [0.2, 0.25) is 0 Å². The van der Waals surface area contributed by atoms with Gasteiger partial charge in [-0.3, -0.25) is 4.99 Å². The molecule has 1 N–H and O–H groups in total. The first-order chi connectivity index (χ1) is 11.6. The third-order valence-corrected chi connectivity index (χ3v) is 5.86. The molecule has 0 amide bonds. The number of ether oxygens (including phenoxy) is 1. The first kappa shape index (κ1) is 19.2. The fourth-order valence-electron chi connectivity index (χ4n) is 3.25. The van der Waals surface area contributed by atoms with E-state index in [1.165, 1.54) is 38.5 Å². The molecule has 1 aromatic heterocycles. The van der Waals surface area contributed by atoms with E-state index in [-0.39, 0.29) is 6.10 Å². The molecule has 0 saturated heterocycles. The Bertz CT molecular complexity index is 511. The lowest BCUT2D eigenvalue weighted by molar-refractivity contribution is 0.119. The standard InChI is InChI=1S/C18H32N4OS/c1-14(23-4)17-21-16(13-24-17)12-22(3)18(19-2)20-11-10-15-8-6-5-7-9-15/h13-15H,5-12H2,1-4H3,(H,19,20). The topological polar surface area (TPSA) is 49.8 Å². The number of hydrogen-bond acceptors (Lipinski definition) is 4. The highest BCUT2D eigenvalue weighted by molar-refractivity contribution is 7.09. The number of nitrogens with zero attached hydrogens (tertiary/aromatic N) is 3. The van der Waals surface area contributed by atoms with Crippen LogP contribution in [0.15, 0.2) is 10.4 Å². The van der Waals surface area contributed by atoms with Crippen molar-refractivity contribution in [3.05, 3.63) is 16.1 Å². The number of thiazole rings is 1. The van der Waals surface area contributed by atoms with Crippen molar-refractivity contribution < 1.29 is 4.74 Å². The van der Waals surface area contributed by atoms with Gasteiger partial charge < -0.3 is 15.0 Å². The predicted octanol–water partition coefficient (Wildman–Crippen LogP) is 3.83. The van der Waals surface area contributed by atoms with Crippen molar-refractivity contribution in [3.63, 3.8) is 0 Å². The van der Waals surface area contributed by atoms with Crippen molar-refractivity contribution in [2.45, 2.75) is 58.1 Å². The van der Waals surface area contributed by atoms with Crippen molar-refractivity contribution in [1.82, 2.24) is 15.2 Å². The second kappa shape index (κ2) is 9.99. The molecule has 0 spiro atoms. The van der Waals surface area contributed by atoms with Crippen LogP contribution in [0.1, 0.15) is 62.3 Å². The van der Waals surface area contributed by atoms with Crippen molar-refractivity contribution in [3.8, 4) is 0 Å². The fraction of sp³-hybridized carbons (Fsp3) is 0.778. The van der Waals surface area contributed by atoms with Crippen LogP contribution in [0.4, 0.5) is 0 Å². The number of aromatic nitrogens is 1. The molecule has 24 heavy (non-hydrogen) atoms. The smallest absolute Gasteiger partial charge is 0.193 e. The van der Waals surface area contributed by atoms with E-state index in [4.69, 9.17) is 4.74 Å². The number of aliphatic imine (C=N–C) groups is 1. The SMILES string of the molecule is CN=C(NCCC1CCCCC1)N(C)Cc1csc(C(C)OC)n1. The summed E-state index contributed by atoms with van der Waals surface area (Å²) < 4.78 is 5.33. The summed E-state index contributed by atoms with van der Waals surface area (Å²) in [5.41, 5.74) is 1.07. The molecule has 136 valence electrons. The van der Waals surface area contributed by atoms with Gasteiger partial charge in [0.25, 0.3) is 0 Å². The normalized spacial score (nSPS) is 17.8. The molecule has 1 heterocycles. The van der Waals surface area contributed by atoms with Crippen LogP contribution in [0, 0.1) is 5.92 Å². The van der Waals surface area contributed by atoms with E-state index in [0.717, 1.165) is 35.7 Å². The second-order valence-corrected chi connectivity index (χ2v) is 7.57. The zero-order valence-corrected chi connectivity index (χ0v) is 16.4. The van der Waals surface area contributed by atoms with E-state index in [1.54, 1.807) is 18.4 Å². The van der Waals surface area contributed by atoms with Gasteiger partial charge >= 0.3 is 0 Å². The van der Waals surface area contributed by atoms with E-state index >= 15 is 0 Å². The zero-order valence-electron chi connectivity index (χ0n) is 15.5. The summed E-state index contributed by atoms with van der Waals surface area (Å²) in [5, 5.41) is 6.64. The summed E-state index contributed by atoms with van der Waals surface area (Å²) in [7, 11) is 5.63. The fourth-order valence-corrected chi connectivity index (χ4v) is 4.09. The van der Waals surface area contributed by atoms with E-state index in [1.807, 2.05) is 14.0 Å². The van der Waals surface area contributed by atoms with Crippen LogP contribution in [0.25, 0.3) is 0 Å². The van der Waals surface area contributed by atoms with E-state index in [0.29, 0.717) is 0 Å². The maximum atomic E-state index is 5.33. The molecule has 6 heteroatoms. The van der Waals surface area contributed by atoms with Crippen molar-refractivity contribution >= 4 is 17.3 Å². The van der Waals surface area contributed by atoms with E-state index in [2.05, 4.69) is 32.6 Å². The number of rotatable bonds is 7. The molecule has 1 saturated carbocycles. The molecule has 0 radical (unpaired) electrons. The highest BCUT2D eigenvalue weighted by atomic mass is 32.1. The van der Waals surface area contributed by atoms with Gasteiger partial charge in [-0.15, -0.1) is 11.3 Å². The molecular weight excluding hydrogens is 320 g/mol. The van der Waals surface area contributed by atoms with Gasteiger partial charge in [0.15, 0.2) is 5.96 Å². The van der Waals surface area contributed by atoms with Gasteiger partial charge in [0, 0.05) is 33.1 Å². The quantitative estimate of drug-likeness (QED) is 0.598. The van der Waals surface area contributed by atoms with Gasteiger partial charge in [0.2, 0.25) is 0 Å². The Labute approximate surface area is 150 Å². The Morgan fingerprint density at radius 3 is 2.88 bits per heavy atom. The van der Waals surface area contributed by atoms with Crippen molar-refractivity contribution in [2.75, 3.05) is 27.7 Å². The first-order valence-corrected chi connectivity index (χ1v) is 9.91. The lowest BCUT2D eigenvalue weighted by Gasteiger charge is -2.24. The molecule has 1 unspecified atom stereocenters. The Kier molecular flexibility index (Phi) is 7.99. The molecule has 0 aliphatic heterocycles. The average molecular weight is 353 g/mol. The van der Waals surface area contributed by atoms with Crippen LogP contribution >= 0.6 is 11.3 Å². The number of guanidine groups is 1. The third kappa shape index (κ3) is 5.74. The van der Waals surface area contributed by atoms with Crippen LogP contribution < -0.4 is 5.32 Å². The van der Waals surface area contributed by atoms with Crippen LogP contribution in [0.3, 0.4) is 0 Å². The Balaban J connectivity index is 1.78. The number of nitrogens with one attached hydrogen (secondary N) is 1. The van der Waals surface area contributed by atoms with E-state index in [9.17, 15) is 0 Å². The van der Waals surface area contributed by atoms with Gasteiger partial charge in [0.05, 0.1) is 12.2 Å². The third-order valence-electron chi connectivity index (χ3n) is 4.80. The molecule has 2 rings (SSSR count). The minimum Gasteiger partial charge on any atom is -0.375 e. The number of methoxy groups -OCH3 is 1. The van der Waals surface area contributed by atoms with Crippen LogP contribution in [-0.4, -0.2) is 43.6 Å². The van der Waals surface area contributed by atoms with Gasteiger partial charge in [0.1, 0.15) is 11.1 Å². The highest BCUT2D eigenvalue weighted by Crippen LogP contribution is 2.25. The molecule has 5 nitrogen and oxygen atoms in total. The first-order valence-electron chi connectivity index (χ1n) is 9.03. The van der Waals surface area contributed by atoms with Crippen LogP contribution in [0.5, 0.6) is 0 Å². The summed E-state index contributed by atoms with van der Waals surface area (Å²) in [6, 6.07) is 0. The van der Waals surface area contributed by atoms with Gasteiger partial charge in [-0.1, -0.05) is 32.1 Å². The molecule has 1 fully saturated rings. The van der Waals surface area contributed by atoms with Gasteiger partial charge in [-0.2, -0.15) is 0 Å². The summed E-state index contributed by atoms with van der Waals surface area (Å²) in [5.74, 6) is 1.84. The zero-order chi connectivity index (χ0) is 17.4. The minimum atomic E-state index is 0.0574. The number of hydrogen-bond donors (Lipinski definition) is 1. The maximum absolute atomic E-state index is 5.33. The van der Waals surface area contributed by atoms with Crippen LogP contribution in [-0.2, 0) is 11.3 Å². The summed E-state index contributed by atoms with van der Waals surface area (Å²) in [4.78, 5) is 11.2. The molecular formula is C18H32N4OS.